The molecule has 0 unspecified atom stereocenters. The molecule has 0 saturated carbocycles. The smallest absolute Gasteiger partial charge is 0.264 e. The molecule has 0 heterocycles. The summed E-state index contributed by atoms with van der Waals surface area (Å²) >= 11 is 0. The minimum Gasteiger partial charge on any atom is -0.493 e. The molecule has 0 radical (unpaired) electrons. The second-order valence-corrected chi connectivity index (χ2v) is 13.7. The lowest BCUT2D eigenvalue weighted by Crippen LogP contribution is -2.56. The van der Waals surface area contributed by atoms with E-state index < -0.39 is 34.1 Å². The number of hydrogen-bond acceptors (Lipinski definition) is 6. The number of para-hydroxylation sites is 1. The topological polar surface area (TPSA) is 105 Å². The third-order valence-corrected chi connectivity index (χ3v) is 9.00. The van der Waals surface area contributed by atoms with Crippen molar-refractivity contribution in [2.75, 3.05) is 25.1 Å². The summed E-state index contributed by atoms with van der Waals surface area (Å²) in [6.45, 7) is 5.16. The van der Waals surface area contributed by atoms with Crippen molar-refractivity contribution in [3.05, 3.63) is 120 Å². The van der Waals surface area contributed by atoms with Gasteiger partial charge in [0.25, 0.3) is 10.0 Å². The first-order chi connectivity index (χ1) is 21.9. The van der Waals surface area contributed by atoms with Gasteiger partial charge in [-0.1, -0.05) is 78.9 Å². The highest BCUT2D eigenvalue weighted by molar-refractivity contribution is 7.92. The first-order valence-corrected chi connectivity index (χ1v) is 16.4. The fourth-order valence-corrected chi connectivity index (χ4v) is 6.44. The summed E-state index contributed by atoms with van der Waals surface area (Å²) < 4.78 is 40.3. The largest absolute Gasteiger partial charge is 0.493 e. The highest BCUT2D eigenvalue weighted by Crippen LogP contribution is 2.32. The Kier molecular flexibility index (Phi) is 11.1. The summed E-state index contributed by atoms with van der Waals surface area (Å²) in [6.07, 6.45) is 0.231. The van der Waals surface area contributed by atoms with Crippen LogP contribution in [0.2, 0.25) is 0 Å². The highest BCUT2D eigenvalue weighted by atomic mass is 32.2. The summed E-state index contributed by atoms with van der Waals surface area (Å²) in [7, 11) is -1.41. The van der Waals surface area contributed by atoms with Gasteiger partial charge in [-0.3, -0.25) is 13.9 Å². The van der Waals surface area contributed by atoms with Crippen molar-refractivity contribution in [1.82, 2.24) is 10.2 Å². The van der Waals surface area contributed by atoms with Crippen LogP contribution in [0.15, 0.2) is 114 Å². The molecule has 2 amide bonds. The van der Waals surface area contributed by atoms with E-state index in [1.165, 1.54) is 37.3 Å². The molecular formula is C36H41N3O6S. The van der Waals surface area contributed by atoms with Gasteiger partial charge in [-0.25, -0.2) is 8.42 Å². The Morgan fingerprint density at radius 2 is 1.30 bits per heavy atom. The molecule has 46 heavy (non-hydrogen) atoms. The van der Waals surface area contributed by atoms with E-state index in [0.717, 1.165) is 15.4 Å². The van der Waals surface area contributed by atoms with Gasteiger partial charge >= 0.3 is 0 Å². The average Bonchev–Trinajstić information content (AvgIpc) is 3.05. The van der Waals surface area contributed by atoms with Crippen LogP contribution in [0.1, 0.15) is 31.9 Å². The second-order valence-electron chi connectivity index (χ2n) is 11.8. The predicted molar refractivity (Wildman–Crippen MR) is 179 cm³/mol. The van der Waals surface area contributed by atoms with Crippen LogP contribution in [0.5, 0.6) is 11.5 Å². The van der Waals surface area contributed by atoms with Gasteiger partial charge in [0.05, 0.1) is 24.8 Å². The van der Waals surface area contributed by atoms with Crippen molar-refractivity contribution in [3.8, 4) is 11.5 Å². The molecule has 0 aliphatic carbocycles. The molecule has 0 fully saturated rings. The van der Waals surface area contributed by atoms with E-state index >= 15 is 0 Å². The summed E-state index contributed by atoms with van der Waals surface area (Å²) in [5, 5.41) is 3.03. The highest BCUT2D eigenvalue weighted by Gasteiger charge is 2.35. The van der Waals surface area contributed by atoms with Crippen molar-refractivity contribution in [1.29, 1.82) is 0 Å². The number of rotatable bonds is 13. The molecule has 4 aromatic rings. The molecule has 0 saturated heterocycles. The number of hydrogen-bond donors (Lipinski definition) is 1. The van der Waals surface area contributed by atoms with Crippen molar-refractivity contribution in [3.63, 3.8) is 0 Å². The molecule has 4 rings (SSSR count). The van der Waals surface area contributed by atoms with E-state index in [4.69, 9.17) is 9.47 Å². The van der Waals surface area contributed by atoms with Crippen LogP contribution in [0.4, 0.5) is 5.69 Å². The third kappa shape index (κ3) is 8.66. The maximum Gasteiger partial charge on any atom is 0.264 e. The number of methoxy groups -OCH3 is 2. The quantitative estimate of drug-likeness (QED) is 0.208. The number of benzene rings is 4. The predicted octanol–water partition coefficient (Wildman–Crippen LogP) is 5.45. The van der Waals surface area contributed by atoms with Crippen LogP contribution in [0, 0.1) is 0 Å². The van der Waals surface area contributed by atoms with Crippen molar-refractivity contribution in [2.24, 2.45) is 0 Å². The molecule has 0 bridgehead atoms. The summed E-state index contributed by atoms with van der Waals surface area (Å²) in [6, 6.07) is 30.6. The fourth-order valence-electron chi connectivity index (χ4n) is 5.01. The molecule has 4 aromatic carbocycles. The zero-order valence-corrected chi connectivity index (χ0v) is 27.7. The molecule has 1 N–H and O–H groups in total. The average molecular weight is 644 g/mol. The Morgan fingerprint density at radius 3 is 1.85 bits per heavy atom. The molecule has 0 aliphatic heterocycles. The standard InChI is InChI=1S/C36H41N3O6S/c1-36(2,3)37-35(41)31(23-27-15-9-6-10-16-27)38(25-28-17-11-7-12-18-28)34(40)26-39(29-19-13-8-14-20-29)46(42,43)30-21-22-32(44-4)33(24-30)45-5/h6-22,24,31H,23,25-26H2,1-5H3,(H,37,41)/t31-/m1/s1. The van der Waals surface area contributed by atoms with E-state index in [0.29, 0.717) is 11.4 Å². The van der Waals surface area contributed by atoms with Crippen molar-refractivity contribution < 1.29 is 27.5 Å². The number of ether oxygens (including phenoxy) is 2. The summed E-state index contributed by atoms with van der Waals surface area (Å²) in [4.78, 5) is 29.9. The first-order valence-electron chi connectivity index (χ1n) is 14.9. The minimum atomic E-state index is -4.30. The Hall–Kier alpha value is -4.83. The molecule has 1 atom stereocenters. The molecule has 10 heteroatoms. The van der Waals surface area contributed by atoms with E-state index in [1.54, 1.807) is 30.3 Å². The number of amides is 2. The molecule has 9 nitrogen and oxygen atoms in total. The molecule has 0 aromatic heterocycles. The van der Waals surface area contributed by atoms with Crippen LogP contribution >= 0.6 is 0 Å². The van der Waals surface area contributed by atoms with Gasteiger partial charge in [-0.2, -0.15) is 0 Å². The number of anilines is 1. The van der Waals surface area contributed by atoms with Gasteiger partial charge < -0.3 is 19.7 Å². The van der Waals surface area contributed by atoms with Gasteiger partial charge in [0.2, 0.25) is 11.8 Å². The maximum atomic E-state index is 14.5. The summed E-state index contributed by atoms with van der Waals surface area (Å²) in [5.74, 6) is -0.279. The van der Waals surface area contributed by atoms with Gasteiger partial charge in [0.1, 0.15) is 12.6 Å². The van der Waals surface area contributed by atoms with E-state index in [9.17, 15) is 18.0 Å². The number of carbonyl (C=O) groups excluding carboxylic acids is 2. The minimum absolute atomic E-state index is 0.0808. The Morgan fingerprint density at radius 1 is 0.761 bits per heavy atom. The van der Waals surface area contributed by atoms with Gasteiger partial charge in [-0.05, 0) is 56.2 Å². The number of nitrogens with one attached hydrogen (secondary N) is 1. The second kappa shape index (κ2) is 15.0. The number of nitrogens with zero attached hydrogens (tertiary/aromatic N) is 2. The SMILES string of the molecule is COc1ccc(S(=O)(=O)N(CC(=O)N(Cc2ccccc2)[C@H](Cc2ccccc2)C(=O)NC(C)(C)C)c2ccccc2)cc1OC. The van der Waals surface area contributed by atoms with Crippen LogP contribution in [-0.2, 0) is 32.6 Å². The van der Waals surface area contributed by atoms with Gasteiger partial charge in [0, 0.05) is 24.6 Å². The van der Waals surface area contributed by atoms with Crippen LogP contribution in [0.25, 0.3) is 0 Å². The fraction of sp³-hybridized carbons (Fsp3) is 0.278. The summed E-state index contributed by atoms with van der Waals surface area (Å²) in [5.41, 5.74) is 1.39. The van der Waals surface area contributed by atoms with Gasteiger partial charge in [0.15, 0.2) is 11.5 Å². The van der Waals surface area contributed by atoms with Crippen LogP contribution in [-0.4, -0.2) is 57.5 Å². The van der Waals surface area contributed by atoms with Crippen LogP contribution in [0.3, 0.4) is 0 Å². The third-order valence-electron chi connectivity index (χ3n) is 7.23. The monoisotopic (exact) mass is 643 g/mol. The zero-order valence-electron chi connectivity index (χ0n) is 26.8. The molecular weight excluding hydrogens is 602 g/mol. The first kappa shape index (κ1) is 34.1. The number of sulfonamides is 1. The maximum absolute atomic E-state index is 14.5. The lowest BCUT2D eigenvalue weighted by Gasteiger charge is -2.35. The van der Waals surface area contributed by atoms with Crippen LogP contribution < -0.4 is 19.1 Å². The Balaban J connectivity index is 1.81. The van der Waals surface area contributed by atoms with Crippen molar-refractivity contribution in [2.45, 2.75) is 50.2 Å². The van der Waals surface area contributed by atoms with E-state index in [2.05, 4.69) is 5.32 Å². The normalized spacial score (nSPS) is 12.1. The molecule has 0 aliphatic rings. The van der Waals surface area contributed by atoms with Crippen molar-refractivity contribution >= 4 is 27.5 Å². The zero-order chi connectivity index (χ0) is 33.3. The Bertz CT molecular complexity index is 1710. The lowest BCUT2D eigenvalue weighted by atomic mass is 10.0. The van der Waals surface area contributed by atoms with E-state index in [-0.39, 0.29) is 29.5 Å². The van der Waals surface area contributed by atoms with Gasteiger partial charge in [-0.15, -0.1) is 0 Å². The molecule has 242 valence electrons. The molecule has 0 spiro atoms. The lowest BCUT2D eigenvalue weighted by molar-refractivity contribution is -0.140. The Labute approximate surface area is 271 Å². The van der Waals surface area contributed by atoms with E-state index in [1.807, 2.05) is 81.4 Å². The number of carbonyl (C=O) groups is 2.